The van der Waals surface area contributed by atoms with E-state index in [1.54, 1.807) is 11.3 Å². The molecule has 10 heavy (non-hydrogen) atoms. The van der Waals surface area contributed by atoms with Crippen LogP contribution in [0.25, 0.3) is 0 Å². The third-order valence-electron chi connectivity index (χ3n) is 1.29. The van der Waals surface area contributed by atoms with Gasteiger partial charge in [-0.15, -0.1) is 34.5 Å². The first-order chi connectivity index (χ1) is 4.77. The summed E-state index contributed by atoms with van der Waals surface area (Å²) in [6.07, 6.45) is 0. The molecular weight excluding hydrogens is 187 g/mol. The molecule has 56 valence electrons. The first-order valence-electron chi connectivity index (χ1n) is 2.98. The van der Waals surface area contributed by atoms with Gasteiger partial charge in [-0.1, -0.05) is 0 Å². The van der Waals surface area contributed by atoms with Crippen molar-refractivity contribution in [2.45, 2.75) is 18.7 Å². The third kappa shape index (κ3) is 1.66. The summed E-state index contributed by atoms with van der Waals surface area (Å²) in [6, 6.07) is 2.09. The Balaban J connectivity index is 2.96. The Bertz CT molecular complexity index is 196. The fraction of sp³-hybridized carbons (Fsp3) is 0.429. The number of hydrogen-bond donors (Lipinski definition) is 0. The van der Waals surface area contributed by atoms with Crippen LogP contribution in [0.15, 0.2) is 6.07 Å². The van der Waals surface area contributed by atoms with Crippen LogP contribution >= 0.6 is 34.5 Å². The second kappa shape index (κ2) is 3.61. The Kier molecular flexibility index (Phi) is 3.02. The van der Waals surface area contributed by atoms with E-state index in [1.165, 1.54) is 15.3 Å². The molecule has 1 heterocycles. The van der Waals surface area contributed by atoms with Crippen molar-refractivity contribution in [2.75, 3.05) is 0 Å². The van der Waals surface area contributed by atoms with Crippen LogP contribution in [-0.4, -0.2) is 0 Å². The highest BCUT2D eigenvalue weighted by molar-refractivity contribution is 7.12. The van der Waals surface area contributed by atoms with Gasteiger partial charge in [0.25, 0.3) is 0 Å². The molecule has 0 aliphatic carbocycles. The van der Waals surface area contributed by atoms with Gasteiger partial charge in [-0.2, -0.15) is 0 Å². The number of aryl methyl sites for hydroxylation is 1. The van der Waals surface area contributed by atoms with E-state index in [2.05, 4.69) is 13.0 Å². The molecule has 1 aromatic rings. The molecular formula is C7H8Cl2S. The lowest BCUT2D eigenvalue weighted by atomic mass is 10.3. The molecule has 1 aromatic heterocycles. The molecule has 0 aromatic carbocycles. The Hall–Kier alpha value is 0.280. The van der Waals surface area contributed by atoms with E-state index < -0.39 is 0 Å². The van der Waals surface area contributed by atoms with Crippen molar-refractivity contribution in [2.24, 2.45) is 0 Å². The van der Waals surface area contributed by atoms with E-state index in [4.69, 9.17) is 23.2 Å². The van der Waals surface area contributed by atoms with Gasteiger partial charge >= 0.3 is 0 Å². The molecule has 0 amide bonds. The molecule has 3 heteroatoms. The smallest absolute Gasteiger partial charge is 0.0571 e. The highest BCUT2D eigenvalue weighted by Gasteiger charge is 2.03. The van der Waals surface area contributed by atoms with Gasteiger partial charge in [-0.05, 0) is 18.6 Å². The lowest BCUT2D eigenvalue weighted by molar-refractivity contribution is 1.34. The molecule has 0 N–H and O–H groups in total. The summed E-state index contributed by atoms with van der Waals surface area (Å²) in [4.78, 5) is 2.49. The molecule has 1 rings (SSSR count). The van der Waals surface area contributed by atoms with E-state index in [9.17, 15) is 0 Å². The average Bonchev–Trinajstić information content (AvgIpc) is 2.30. The van der Waals surface area contributed by atoms with E-state index in [0.29, 0.717) is 11.8 Å². The fourth-order valence-corrected chi connectivity index (χ4v) is 2.40. The SMILES string of the molecule is Cc1cc(CCl)c(CCl)s1. The lowest BCUT2D eigenvalue weighted by Crippen LogP contribution is -1.76. The van der Waals surface area contributed by atoms with Gasteiger partial charge in [0.15, 0.2) is 0 Å². The maximum absolute atomic E-state index is 5.68. The predicted molar refractivity (Wildman–Crippen MR) is 48.2 cm³/mol. The summed E-state index contributed by atoms with van der Waals surface area (Å²) in [5.41, 5.74) is 1.18. The quantitative estimate of drug-likeness (QED) is 0.633. The molecule has 0 radical (unpaired) electrons. The number of alkyl halides is 2. The normalized spacial score (nSPS) is 10.3. The molecule has 0 bridgehead atoms. The minimum atomic E-state index is 0.576. The van der Waals surface area contributed by atoms with E-state index in [1.807, 2.05) is 0 Å². The van der Waals surface area contributed by atoms with Gasteiger partial charge in [0.1, 0.15) is 0 Å². The Morgan fingerprint density at radius 1 is 1.40 bits per heavy atom. The highest BCUT2D eigenvalue weighted by Crippen LogP contribution is 2.24. The Morgan fingerprint density at radius 3 is 2.50 bits per heavy atom. The van der Waals surface area contributed by atoms with Crippen molar-refractivity contribution >= 4 is 34.5 Å². The van der Waals surface area contributed by atoms with Gasteiger partial charge in [0, 0.05) is 15.6 Å². The second-order valence-electron chi connectivity index (χ2n) is 2.07. The Labute approximate surface area is 74.8 Å². The summed E-state index contributed by atoms with van der Waals surface area (Å²) in [5, 5.41) is 0. The fourth-order valence-electron chi connectivity index (χ4n) is 0.841. The van der Waals surface area contributed by atoms with Gasteiger partial charge in [0.05, 0.1) is 5.88 Å². The van der Waals surface area contributed by atoms with Crippen molar-refractivity contribution in [3.8, 4) is 0 Å². The van der Waals surface area contributed by atoms with Crippen molar-refractivity contribution in [3.05, 3.63) is 21.4 Å². The zero-order valence-electron chi connectivity index (χ0n) is 5.66. The number of thiophene rings is 1. The first kappa shape index (κ1) is 8.38. The van der Waals surface area contributed by atoms with Crippen LogP contribution in [0.4, 0.5) is 0 Å². The molecule has 0 aliphatic rings. The maximum atomic E-state index is 5.68. The summed E-state index contributed by atoms with van der Waals surface area (Å²) >= 11 is 13.1. The molecule has 0 saturated heterocycles. The minimum absolute atomic E-state index is 0.576. The lowest BCUT2D eigenvalue weighted by Gasteiger charge is -1.90. The van der Waals surface area contributed by atoms with Crippen molar-refractivity contribution < 1.29 is 0 Å². The largest absolute Gasteiger partial charge is 0.144 e. The molecule has 0 unspecified atom stereocenters. The van der Waals surface area contributed by atoms with Gasteiger partial charge in [-0.3, -0.25) is 0 Å². The summed E-state index contributed by atoms with van der Waals surface area (Å²) in [7, 11) is 0. The maximum Gasteiger partial charge on any atom is 0.0571 e. The standard InChI is InChI=1S/C7H8Cl2S/c1-5-2-6(3-8)7(4-9)10-5/h2H,3-4H2,1H3. The number of hydrogen-bond acceptors (Lipinski definition) is 1. The van der Waals surface area contributed by atoms with Crippen LogP contribution in [0.5, 0.6) is 0 Å². The Morgan fingerprint density at radius 2 is 2.10 bits per heavy atom. The van der Waals surface area contributed by atoms with Crippen LogP contribution < -0.4 is 0 Å². The highest BCUT2D eigenvalue weighted by atomic mass is 35.5. The summed E-state index contributed by atoms with van der Waals surface area (Å²) < 4.78 is 0. The van der Waals surface area contributed by atoms with Gasteiger partial charge in [0.2, 0.25) is 0 Å². The number of rotatable bonds is 2. The van der Waals surface area contributed by atoms with E-state index >= 15 is 0 Å². The average molecular weight is 195 g/mol. The second-order valence-corrected chi connectivity index (χ2v) is 3.95. The monoisotopic (exact) mass is 194 g/mol. The van der Waals surface area contributed by atoms with Crippen LogP contribution in [0.2, 0.25) is 0 Å². The predicted octanol–water partition coefficient (Wildman–Crippen LogP) is 3.53. The minimum Gasteiger partial charge on any atom is -0.144 e. The zero-order valence-corrected chi connectivity index (χ0v) is 7.98. The van der Waals surface area contributed by atoms with Crippen LogP contribution in [0, 0.1) is 6.92 Å². The molecule has 0 aliphatic heterocycles. The molecule has 0 spiro atoms. The molecule has 0 nitrogen and oxygen atoms in total. The first-order valence-corrected chi connectivity index (χ1v) is 4.86. The number of halogens is 2. The van der Waals surface area contributed by atoms with Crippen molar-refractivity contribution in [3.63, 3.8) is 0 Å². The van der Waals surface area contributed by atoms with Crippen molar-refractivity contribution in [1.82, 2.24) is 0 Å². The third-order valence-corrected chi connectivity index (χ3v) is 3.09. The zero-order chi connectivity index (χ0) is 7.56. The molecule has 0 fully saturated rings. The summed E-state index contributed by atoms with van der Waals surface area (Å²) in [6.45, 7) is 2.07. The van der Waals surface area contributed by atoms with E-state index in [0.717, 1.165) is 0 Å². The van der Waals surface area contributed by atoms with Crippen LogP contribution in [0.1, 0.15) is 15.3 Å². The van der Waals surface area contributed by atoms with Crippen molar-refractivity contribution in [1.29, 1.82) is 0 Å². The van der Waals surface area contributed by atoms with Crippen LogP contribution in [-0.2, 0) is 11.8 Å². The molecule has 0 atom stereocenters. The topological polar surface area (TPSA) is 0 Å². The van der Waals surface area contributed by atoms with Gasteiger partial charge in [-0.25, -0.2) is 0 Å². The molecule has 0 saturated carbocycles. The van der Waals surface area contributed by atoms with E-state index in [-0.39, 0.29) is 0 Å². The van der Waals surface area contributed by atoms with Gasteiger partial charge < -0.3 is 0 Å². The summed E-state index contributed by atoms with van der Waals surface area (Å²) in [5.74, 6) is 1.16. The van der Waals surface area contributed by atoms with Crippen LogP contribution in [0.3, 0.4) is 0 Å².